The molecule has 1 unspecified atom stereocenters. The van der Waals surface area contributed by atoms with E-state index in [0.29, 0.717) is 29.9 Å². The molecule has 0 spiro atoms. The number of carbonyl (C=O) groups excluding carboxylic acids is 1. The van der Waals surface area contributed by atoms with Gasteiger partial charge in [-0.05, 0) is 27.2 Å². The molecule has 110 valence electrons. The molecule has 0 radical (unpaired) electrons. The van der Waals surface area contributed by atoms with Crippen molar-refractivity contribution in [2.24, 2.45) is 0 Å². The Morgan fingerprint density at radius 3 is 2.40 bits per heavy atom. The van der Waals surface area contributed by atoms with E-state index in [2.05, 4.69) is 9.97 Å². The van der Waals surface area contributed by atoms with E-state index in [4.69, 9.17) is 0 Å². The number of hydrogen-bond donors (Lipinski definition) is 0. The standard InChI is InChI=1S/C13H19N3O3S/c1-4-16(11-5-6-20(18,19)7-11)13(17)12-9(2)14-8-15-10(12)3/h8,11H,4-7H2,1-3H3. The van der Waals surface area contributed by atoms with Gasteiger partial charge in [-0.2, -0.15) is 0 Å². The van der Waals surface area contributed by atoms with Gasteiger partial charge in [0.2, 0.25) is 0 Å². The van der Waals surface area contributed by atoms with Gasteiger partial charge >= 0.3 is 0 Å². The summed E-state index contributed by atoms with van der Waals surface area (Å²) in [5.74, 6) is 0.0356. The van der Waals surface area contributed by atoms with Crippen LogP contribution in [0.5, 0.6) is 0 Å². The SMILES string of the molecule is CCN(C(=O)c1c(C)ncnc1C)C1CCS(=O)(=O)C1. The summed E-state index contributed by atoms with van der Waals surface area (Å²) >= 11 is 0. The van der Waals surface area contributed by atoms with Crippen molar-refractivity contribution in [1.29, 1.82) is 0 Å². The van der Waals surface area contributed by atoms with Gasteiger partial charge in [0.25, 0.3) is 5.91 Å². The summed E-state index contributed by atoms with van der Waals surface area (Å²) in [6, 6.07) is -0.239. The highest BCUT2D eigenvalue weighted by atomic mass is 32.2. The third-order valence-electron chi connectivity index (χ3n) is 3.69. The summed E-state index contributed by atoms with van der Waals surface area (Å²) in [5.41, 5.74) is 1.74. The van der Waals surface area contributed by atoms with Crippen molar-refractivity contribution < 1.29 is 13.2 Å². The van der Waals surface area contributed by atoms with Crippen LogP contribution in [0.4, 0.5) is 0 Å². The number of aromatic nitrogens is 2. The van der Waals surface area contributed by atoms with Gasteiger partial charge in [-0.3, -0.25) is 4.79 Å². The first-order chi connectivity index (χ1) is 9.35. The zero-order chi connectivity index (χ0) is 14.9. The smallest absolute Gasteiger partial charge is 0.257 e. The van der Waals surface area contributed by atoms with E-state index >= 15 is 0 Å². The Morgan fingerprint density at radius 2 is 1.95 bits per heavy atom. The van der Waals surface area contributed by atoms with Gasteiger partial charge in [0.1, 0.15) is 6.33 Å². The fraction of sp³-hybridized carbons (Fsp3) is 0.615. The molecule has 0 N–H and O–H groups in total. The monoisotopic (exact) mass is 297 g/mol. The summed E-state index contributed by atoms with van der Waals surface area (Å²) in [6.45, 7) is 5.87. The fourth-order valence-electron chi connectivity index (χ4n) is 2.63. The molecule has 1 aromatic heterocycles. The van der Waals surface area contributed by atoms with Crippen LogP contribution in [0.3, 0.4) is 0 Å². The Morgan fingerprint density at radius 1 is 1.35 bits per heavy atom. The summed E-state index contributed by atoms with van der Waals surface area (Å²) in [7, 11) is -3.01. The van der Waals surface area contributed by atoms with E-state index in [-0.39, 0.29) is 23.5 Å². The fourth-order valence-corrected chi connectivity index (χ4v) is 4.37. The molecule has 1 aliphatic heterocycles. The van der Waals surface area contributed by atoms with Crippen LogP contribution in [-0.4, -0.2) is 53.3 Å². The van der Waals surface area contributed by atoms with Crippen molar-refractivity contribution >= 4 is 15.7 Å². The zero-order valence-electron chi connectivity index (χ0n) is 12.0. The highest BCUT2D eigenvalue weighted by Crippen LogP contribution is 2.21. The van der Waals surface area contributed by atoms with Crippen molar-refractivity contribution in [3.05, 3.63) is 23.3 Å². The van der Waals surface area contributed by atoms with Gasteiger partial charge in [0.15, 0.2) is 9.84 Å². The van der Waals surface area contributed by atoms with E-state index < -0.39 is 9.84 Å². The minimum Gasteiger partial charge on any atom is -0.335 e. The molecule has 1 aliphatic rings. The maximum Gasteiger partial charge on any atom is 0.257 e. The predicted molar refractivity (Wildman–Crippen MR) is 75.3 cm³/mol. The molecular weight excluding hydrogens is 278 g/mol. The van der Waals surface area contributed by atoms with Gasteiger partial charge < -0.3 is 4.90 Å². The average Bonchev–Trinajstić information content (AvgIpc) is 2.70. The first-order valence-corrected chi connectivity index (χ1v) is 8.47. The lowest BCUT2D eigenvalue weighted by Gasteiger charge is -2.27. The first kappa shape index (κ1) is 14.9. The lowest BCUT2D eigenvalue weighted by molar-refractivity contribution is 0.0706. The van der Waals surface area contributed by atoms with Crippen molar-refractivity contribution in [2.45, 2.75) is 33.2 Å². The van der Waals surface area contributed by atoms with Crippen molar-refractivity contribution in [2.75, 3.05) is 18.1 Å². The molecule has 1 fully saturated rings. The second-order valence-electron chi connectivity index (χ2n) is 5.07. The number of amides is 1. The summed E-state index contributed by atoms with van der Waals surface area (Å²) in [4.78, 5) is 22.4. The van der Waals surface area contributed by atoms with Gasteiger partial charge in [0, 0.05) is 12.6 Å². The van der Waals surface area contributed by atoms with Crippen LogP contribution in [0.25, 0.3) is 0 Å². The van der Waals surface area contributed by atoms with Gasteiger partial charge in [0.05, 0.1) is 28.5 Å². The molecule has 1 atom stereocenters. The second kappa shape index (κ2) is 5.47. The van der Waals surface area contributed by atoms with Crippen LogP contribution in [0.2, 0.25) is 0 Å². The molecule has 0 bridgehead atoms. The largest absolute Gasteiger partial charge is 0.335 e. The van der Waals surface area contributed by atoms with E-state index in [9.17, 15) is 13.2 Å². The van der Waals surface area contributed by atoms with Gasteiger partial charge in [-0.1, -0.05) is 0 Å². The Kier molecular flexibility index (Phi) is 4.08. The van der Waals surface area contributed by atoms with E-state index in [0.717, 1.165) is 0 Å². The molecular formula is C13H19N3O3S. The molecule has 1 amide bonds. The molecule has 0 aromatic carbocycles. The van der Waals surface area contributed by atoms with E-state index in [1.54, 1.807) is 18.7 Å². The van der Waals surface area contributed by atoms with Gasteiger partial charge in [-0.25, -0.2) is 18.4 Å². The molecule has 1 saturated heterocycles. The topological polar surface area (TPSA) is 80.2 Å². The van der Waals surface area contributed by atoms with Crippen LogP contribution in [0, 0.1) is 13.8 Å². The molecule has 20 heavy (non-hydrogen) atoms. The number of hydrogen-bond acceptors (Lipinski definition) is 5. The minimum atomic E-state index is -3.01. The Bertz CT molecular complexity index is 607. The minimum absolute atomic E-state index is 0.0539. The summed E-state index contributed by atoms with van der Waals surface area (Å²) in [5, 5.41) is 0. The maximum atomic E-state index is 12.7. The third kappa shape index (κ3) is 2.82. The number of carbonyl (C=O) groups is 1. The van der Waals surface area contributed by atoms with E-state index in [1.165, 1.54) is 6.33 Å². The quantitative estimate of drug-likeness (QED) is 0.822. The number of rotatable bonds is 3. The lowest BCUT2D eigenvalue weighted by Crippen LogP contribution is -2.41. The summed E-state index contributed by atoms with van der Waals surface area (Å²) in [6.07, 6.45) is 1.94. The molecule has 2 rings (SSSR count). The lowest BCUT2D eigenvalue weighted by atomic mass is 10.1. The molecule has 2 heterocycles. The van der Waals surface area contributed by atoms with Crippen LogP contribution in [0.1, 0.15) is 35.1 Å². The van der Waals surface area contributed by atoms with Crippen molar-refractivity contribution in [3.63, 3.8) is 0 Å². The molecule has 6 nitrogen and oxygen atoms in total. The Balaban J connectivity index is 2.31. The second-order valence-corrected chi connectivity index (χ2v) is 7.30. The highest BCUT2D eigenvalue weighted by Gasteiger charge is 2.35. The molecule has 1 aromatic rings. The van der Waals surface area contributed by atoms with E-state index in [1.807, 2.05) is 6.92 Å². The maximum absolute atomic E-state index is 12.7. The highest BCUT2D eigenvalue weighted by molar-refractivity contribution is 7.91. The van der Waals surface area contributed by atoms with Crippen molar-refractivity contribution in [3.8, 4) is 0 Å². The predicted octanol–water partition coefficient (Wildman–Crippen LogP) is 0.743. The van der Waals surface area contributed by atoms with Crippen LogP contribution in [0.15, 0.2) is 6.33 Å². The number of nitrogens with zero attached hydrogens (tertiary/aromatic N) is 3. The van der Waals surface area contributed by atoms with Crippen LogP contribution in [-0.2, 0) is 9.84 Å². The molecule has 0 saturated carbocycles. The zero-order valence-corrected chi connectivity index (χ0v) is 12.8. The number of sulfone groups is 1. The summed E-state index contributed by atoms with van der Waals surface area (Å²) < 4.78 is 23.2. The van der Waals surface area contributed by atoms with Crippen LogP contribution >= 0.6 is 0 Å². The Labute approximate surface area is 119 Å². The van der Waals surface area contributed by atoms with Gasteiger partial charge in [-0.15, -0.1) is 0 Å². The average molecular weight is 297 g/mol. The van der Waals surface area contributed by atoms with Crippen LogP contribution < -0.4 is 0 Å². The molecule has 0 aliphatic carbocycles. The van der Waals surface area contributed by atoms with Crippen molar-refractivity contribution in [1.82, 2.24) is 14.9 Å². The normalized spacial score (nSPS) is 20.9. The third-order valence-corrected chi connectivity index (χ3v) is 5.44. The first-order valence-electron chi connectivity index (χ1n) is 6.65. The number of aryl methyl sites for hydroxylation is 2. The Hall–Kier alpha value is -1.50. The molecule has 7 heteroatoms.